The molecule has 4 N–H and O–H groups in total. The van der Waals surface area contributed by atoms with Crippen LogP contribution < -0.4 is 16.4 Å². The summed E-state index contributed by atoms with van der Waals surface area (Å²) in [6, 6.07) is 3.90. The second-order valence-electron chi connectivity index (χ2n) is 8.35. The van der Waals surface area contributed by atoms with Crippen molar-refractivity contribution in [1.82, 2.24) is 25.2 Å². The van der Waals surface area contributed by atoms with Crippen LogP contribution in [0.5, 0.6) is 0 Å². The van der Waals surface area contributed by atoms with Crippen LogP contribution in [0.1, 0.15) is 45.3 Å². The van der Waals surface area contributed by atoms with Crippen LogP contribution in [0.25, 0.3) is 0 Å². The van der Waals surface area contributed by atoms with Crippen LogP contribution in [0.4, 0.5) is 5.69 Å². The Bertz CT molecular complexity index is 1150. The summed E-state index contributed by atoms with van der Waals surface area (Å²) in [6.07, 6.45) is 2.03. The number of benzene rings is 1. The highest BCUT2D eigenvalue weighted by molar-refractivity contribution is 6.23. The zero-order chi connectivity index (χ0) is 23.1. The summed E-state index contributed by atoms with van der Waals surface area (Å²) in [5.41, 5.74) is 7.56. The lowest BCUT2D eigenvalue weighted by molar-refractivity contribution is -0.136. The first kappa shape index (κ1) is 21.2. The number of fused-ring (bicyclic) bond motifs is 1. The van der Waals surface area contributed by atoms with Gasteiger partial charge in [-0.2, -0.15) is 0 Å². The van der Waals surface area contributed by atoms with Crippen LogP contribution in [-0.2, 0) is 20.9 Å². The predicted molar refractivity (Wildman–Crippen MR) is 113 cm³/mol. The van der Waals surface area contributed by atoms with Gasteiger partial charge in [0.1, 0.15) is 11.7 Å². The number of nitrogens with zero attached hydrogens (tertiary/aromatic N) is 4. The van der Waals surface area contributed by atoms with Gasteiger partial charge in [-0.3, -0.25) is 29.4 Å². The molecular weight excluding hydrogens is 430 g/mol. The fourth-order valence-electron chi connectivity index (χ4n) is 4.43. The zero-order valence-electron chi connectivity index (χ0n) is 17.7. The standard InChI is InChI=1S/C21H23N7O5/c22-6-11-9-33-10-17(11)27-8-13(25-26-27)7-23-12-1-2-14-15(5-12)21(32)28(20(14)31)16-3-4-18(29)24-19(16)30/h1-2,5,8,11,16-17,23H,3-4,6-7,9-10,22H2,(H,24,29,30)/t11-,16?,17-/m1/s1. The van der Waals surface area contributed by atoms with Crippen molar-refractivity contribution < 1.29 is 23.9 Å². The minimum absolute atomic E-state index is 0.0538. The lowest BCUT2D eigenvalue weighted by Gasteiger charge is -2.27. The zero-order valence-corrected chi connectivity index (χ0v) is 17.7. The molecule has 2 fully saturated rings. The van der Waals surface area contributed by atoms with E-state index in [0.29, 0.717) is 37.7 Å². The van der Waals surface area contributed by atoms with Gasteiger partial charge in [-0.15, -0.1) is 5.10 Å². The van der Waals surface area contributed by atoms with Gasteiger partial charge < -0.3 is 15.8 Å². The molecule has 0 saturated carbocycles. The quantitative estimate of drug-likeness (QED) is 0.487. The highest BCUT2D eigenvalue weighted by Crippen LogP contribution is 2.30. The van der Waals surface area contributed by atoms with Gasteiger partial charge in [0.25, 0.3) is 11.8 Å². The van der Waals surface area contributed by atoms with Gasteiger partial charge in [0.2, 0.25) is 11.8 Å². The van der Waals surface area contributed by atoms with Gasteiger partial charge in [0.05, 0.1) is 43.1 Å². The Morgan fingerprint density at radius 2 is 1.97 bits per heavy atom. The van der Waals surface area contributed by atoms with Crippen LogP contribution in [0, 0.1) is 5.92 Å². The average Bonchev–Trinajstić information content (AvgIpc) is 3.52. The number of aromatic nitrogens is 3. The molecule has 3 atom stereocenters. The van der Waals surface area contributed by atoms with Gasteiger partial charge in [-0.05, 0) is 31.2 Å². The highest BCUT2D eigenvalue weighted by atomic mass is 16.5. The van der Waals surface area contributed by atoms with Crippen molar-refractivity contribution in [2.45, 2.75) is 31.5 Å². The van der Waals surface area contributed by atoms with E-state index in [1.165, 1.54) is 0 Å². The van der Waals surface area contributed by atoms with E-state index in [1.54, 1.807) is 22.9 Å². The molecule has 2 aromatic rings. The lowest BCUT2D eigenvalue weighted by atomic mass is 10.0. The number of carbonyl (C=O) groups excluding carboxylic acids is 4. The summed E-state index contributed by atoms with van der Waals surface area (Å²) in [4.78, 5) is 50.2. The maximum atomic E-state index is 12.9. The second kappa shape index (κ2) is 8.37. The third-order valence-corrected chi connectivity index (χ3v) is 6.28. The van der Waals surface area contributed by atoms with Crippen molar-refractivity contribution in [2.24, 2.45) is 11.7 Å². The fraction of sp³-hybridized carbons (Fsp3) is 0.429. The molecule has 3 aliphatic heterocycles. The third kappa shape index (κ3) is 3.76. The van der Waals surface area contributed by atoms with Crippen LogP contribution in [0.2, 0.25) is 0 Å². The van der Waals surface area contributed by atoms with E-state index < -0.39 is 29.7 Å². The van der Waals surface area contributed by atoms with Gasteiger partial charge in [-0.1, -0.05) is 5.21 Å². The Balaban J connectivity index is 1.27. The van der Waals surface area contributed by atoms with Gasteiger partial charge in [-0.25, -0.2) is 4.68 Å². The molecule has 4 amide bonds. The molecule has 12 heteroatoms. The Morgan fingerprint density at radius 1 is 1.15 bits per heavy atom. The number of nitrogens with two attached hydrogens (primary N) is 1. The van der Waals surface area contributed by atoms with Crippen molar-refractivity contribution in [3.63, 3.8) is 0 Å². The second-order valence-corrected chi connectivity index (χ2v) is 8.35. The van der Waals surface area contributed by atoms with Crippen molar-refractivity contribution in [3.8, 4) is 0 Å². The number of anilines is 1. The van der Waals surface area contributed by atoms with Crippen molar-refractivity contribution in [3.05, 3.63) is 41.2 Å². The summed E-state index contributed by atoms with van der Waals surface area (Å²) in [5.74, 6) is -1.93. The van der Waals surface area contributed by atoms with E-state index in [1.807, 2.05) is 6.20 Å². The van der Waals surface area contributed by atoms with Gasteiger partial charge >= 0.3 is 0 Å². The van der Waals surface area contributed by atoms with Crippen LogP contribution in [0.15, 0.2) is 24.4 Å². The Labute approximate surface area is 188 Å². The summed E-state index contributed by atoms with van der Waals surface area (Å²) < 4.78 is 7.26. The fourth-order valence-corrected chi connectivity index (χ4v) is 4.43. The van der Waals surface area contributed by atoms with Gasteiger partial charge in [0, 0.05) is 18.0 Å². The molecule has 0 aliphatic carbocycles. The first-order chi connectivity index (χ1) is 16.0. The molecule has 0 bridgehead atoms. The Kier molecular flexibility index (Phi) is 5.38. The SMILES string of the molecule is NC[C@@H]1COC[C@H]1n1cc(CNc2ccc3c(c2)C(=O)N(C2CCC(=O)NC2=O)C3=O)nn1. The maximum absolute atomic E-state index is 12.9. The van der Waals surface area contributed by atoms with E-state index >= 15 is 0 Å². The summed E-state index contributed by atoms with van der Waals surface area (Å²) in [7, 11) is 0. The van der Waals surface area contributed by atoms with E-state index in [9.17, 15) is 19.2 Å². The number of amides is 4. The lowest BCUT2D eigenvalue weighted by Crippen LogP contribution is -2.54. The molecular formula is C21H23N7O5. The monoisotopic (exact) mass is 453 g/mol. The van der Waals surface area contributed by atoms with E-state index in [2.05, 4.69) is 20.9 Å². The first-order valence-electron chi connectivity index (χ1n) is 10.7. The number of rotatable bonds is 6. The molecule has 1 aromatic carbocycles. The number of imide groups is 2. The predicted octanol–water partition coefficient (Wildman–Crippen LogP) is -0.562. The summed E-state index contributed by atoms with van der Waals surface area (Å²) >= 11 is 0. The smallest absolute Gasteiger partial charge is 0.262 e. The van der Waals surface area contributed by atoms with Crippen molar-refractivity contribution in [2.75, 3.05) is 25.1 Å². The molecule has 172 valence electrons. The van der Waals surface area contributed by atoms with E-state index in [4.69, 9.17) is 10.5 Å². The minimum atomic E-state index is -0.988. The number of hydrogen-bond acceptors (Lipinski definition) is 9. The normalized spacial score (nSPS) is 24.9. The number of piperidine rings is 1. The molecule has 33 heavy (non-hydrogen) atoms. The molecule has 12 nitrogen and oxygen atoms in total. The van der Waals surface area contributed by atoms with E-state index in [0.717, 1.165) is 4.90 Å². The maximum Gasteiger partial charge on any atom is 0.262 e. The molecule has 3 aliphatic rings. The molecule has 1 unspecified atom stereocenters. The molecule has 4 heterocycles. The number of hydrogen-bond donors (Lipinski definition) is 3. The summed E-state index contributed by atoms with van der Waals surface area (Å²) in [6.45, 7) is 2.02. The number of carbonyl (C=O) groups is 4. The molecule has 0 spiro atoms. The molecule has 0 radical (unpaired) electrons. The van der Waals surface area contributed by atoms with Crippen LogP contribution >= 0.6 is 0 Å². The highest BCUT2D eigenvalue weighted by Gasteiger charge is 2.44. The molecule has 5 rings (SSSR count). The topological polar surface area (TPSA) is 162 Å². The van der Waals surface area contributed by atoms with Crippen molar-refractivity contribution in [1.29, 1.82) is 0 Å². The average molecular weight is 453 g/mol. The van der Waals surface area contributed by atoms with Crippen LogP contribution in [-0.4, -0.2) is 69.3 Å². The number of nitrogens with one attached hydrogen (secondary N) is 2. The molecule has 2 saturated heterocycles. The molecule has 1 aromatic heterocycles. The summed E-state index contributed by atoms with van der Waals surface area (Å²) in [5, 5.41) is 13.7. The van der Waals surface area contributed by atoms with E-state index in [-0.39, 0.29) is 35.9 Å². The van der Waals surface area contributed by atoms with Crippen LogP contribution in [0.3, 0.4) is 0 Å². The van der Waals surface area contributed by atoms with Crippen molar-refractivity contribution >= 4 is 29.3 Å². The Hall–Kier alpha value is -3.64. The first-order valence-corrected chi connectivity index (χ1v) is 10.7. The number of ether oxygens (including phenoxy) is 1. The largest absolute Gasteiger partial charge is 0.379 e. The minimum Gasteiger partial charge on any atom is -0.379 e. The third-order valence-electron chi connectivity index (χ3n) is 6.28. The Morgan fingerprint density at radius 3 is 2.76 bits per heavy atom. The van der Waals surface area contributed by atoms with Gasteiger partial charge in [0.15, 0.2) is 0 Å².